The summed E-state index contributed by atoms with van der Waals surface area (Å²) in [5, 5.41) is 5.42. The molecule has 1 saturated heterocycles. The Kier molecular flexibility index (Phi) is 8.98. The van der Waals surface area contributed by atoms with Crippen molar-refractivity contribution in [3.63, 3.8) is 0 Å². The Labute approximate surface area is 194 Å². The molecule has 1 aromatic rings. The number of carbonyl (C=O) groups excluding carboxylic acids is 1. The van der Waals surface area contributed by atoms with Gasteiger partial charge in [-0.2, -0.15) is 0 Å². The summed E-state index contributed by atoms with van der Waals surface area (Å²) in [7, 11) is 1.33. The highest BCUT2D eigenvalue weighted by molar-refractivity contribution is 6.03. The van der Waals surface area contributed by atoms with E-state index in [-0.39, 0.29) is 49.5 Å². The molecule has 0 radical (unpaired) electrons. The molecule has 1 atom stereocenters. The number of amidine groups is 1. The van der Waals surface area contributed by atoms with E-state index in [4.69, 9.17) is 6.42 Å². The fourth-order valence-corrected chi connectivity index (χ4v) is 3.37. The number of alkyl halides is 5. The summed E-state index contributed by atoms with van der Waals surface area (Å²) in [5.74, 6) is -1.96. The molecule has 1 aliphatic heterocycles. The van der Waals surface area contributed by atoms with Crippen molar-refractivity contribution in [2.45, 2.75) is 51.6 Å². The molecule has 12 heteroatoms. The maximum Gasteiger partial charge on any atom is 0.573 e. The van der Waals surface area contributed by atoms with Gasteiger partial charge in [-0.1, -0.05) is 6.07 Å². The summed E-state index contributed by atoms with van der Waals surface area (Å²) in [6.07, 6.45) is 0.927. The number of aliphatic imine (C=N–C) groups is 1. The number of allylic oxidation sites excluding steroid dienone is 1. The van der Waals surface area contributed by atoms with E-state index in [0.29, 0.717) is 5.69 Å². The van der Waals surface area contributed by atoms with Crippen LogP contribution in [0.2, 0.25) is 0 Å². The van der Waals surface area contributed by atoms with E-state index < -0.39 is 24.6 Å². The lowest BCUT2D eigenvalue weighted by atomic mass is 9.98. The van der Waals surface area contributed by atoms with Gasteiger partial charge in [0.15, 0.2) is 5.76 Å². The van der Waals surface area contributed by atoms with Gasteiger partial charge in [0.05, 0.1) is 12.2 Å². The Morgan fingerprint density at radius 3 is 2.74 bits per heavy atom. The number of nitrogens with zero attached hydrogens (tertiary/aromatic N) is 3. The number of nitrogens with one attached hydrogen (secondary N) is 2. The number of aryl methyl sites for hydroxylation is 1. The van der Waals surface area contributed by atoms with E-state index in [1.807, 2.05) is 0 Å². The average molecular weight is 487 g/mol. The predicted octanol–water partition coefficient (Wildman–Crippen LogP) is 3.62. The number of halogens is 5. The largest absolute Gasteiger partial charge is 0.573 e. The van der Waals surface area contributed by atoms with Gasteiger partial charge < -0.3 is 15.4 Å². The zero-order valence-corrected chi connectivity index (χ0v) is 19.0. The molecule has 0 bridgehead atoms. The van der Waals surface area contributed by atoms with Crippen molar-refractivity contribution in [2.24, 2.45) is 4.99 Å². The molecule has 0 saturated carbocycles. The lowest BCUT2D eigenvalue weighted by Gasteiger charge is -2.39. The van der Waals surface area contributed by atoms with E-state index in [1.165, 1.54) is 14.0 Å². The van der Waals surface area contributed by atoms with Crippen molar-refractivity contribution >= 4 is 17.6 Å². The number of rotatable bonds is 7. The van der Waals surface area contributed by atoms with Crippen LogP contribution in [0.25, 0.3) is 0 Å². The van der Waals surface area contributed by atoms with Gasteiger partial charge >= 0.3 is 6.36 Å². The number of likely N-dealkylation sites (tertiary alicyclic amines) is 1. The number of hydrogen-bond donors (Lipinski definition) is 2. The highest BCUT2D eigenvalue weighted by Crippen LogP contribution is 2.31. The molecule has 0 unspecified atom stereocenters. The van der Waals surface area contributed by atoms with Gasteiger partial charge in [0, 0.05) is 45.6 Å². The van der Waals surface area contributed by atoms with Gasteiger partial charge in [0.25, 0.3) is 5.92 Å². The van der Waals surface area contributed by atoms with Crippen LogP contribution in [-0.2, 0) is 16.1 Å². The lowest BCUT2D eigenvalue weighted by Crippen LogP contribution is -2.52. The van der Waals surface area contributed by atoms with Gasteiger partial charge in [-0.05, 0) is 30.9 Å². The first kappa shape index (κ1) is 27.0. The van der Waals surface area contributed by atoms with Crippen molar-refractivity contribution in [1.29, 1.82) is 0 Å². The van der Waals surface area contributed by atoms with Crippen LogP contribution < -0.4 is 10.6 Å². The van der Waals surface area contributed by atoms with Gasteiger partial charge in [0.1, 0.15) is 11.7 Å². The molecule has 186 valence electrons. The van der Waals surface area contributed by atoms with Crippen LogP contribution in [0.15, 0.2) is 29.0 Å². The maximum atomic E-state index is 14.1. The van der Waals surface area contributed by atoms with Crippen LogP contribution in [0.3, 0.4) is 0 Å². The van der Waals surface area contributed by atoms with Crippen LogP contribution in [0.4, 0.5) is 27.8 Å². The molecule has 2 N–H and O–H groups in total. The monoisotopic (exact) mass is 487 g/mol. The van der Waals surface area contributed by atoms with Crippen molar-refractivity contribution in [3.05, 3.63) is 35.2 Å². The molecule has 1 aromatic heterocycles. The molecule has 1 amide bonds. The minimum absolute atomic E-state index is 0.0486. The normalized spacial score (nSPS) is 19.3. The van der Waals surface area contributed by atoms with E-state index >= 15 is 0 Å². The van der Waals surface area contributed by atoms with Crippen molar-refractivity contribution in [2.75, 3.05) is 25.5 Å². The standard InChI is InChI=1S/C22H26F5N5O2/c1-5-17(34-22(25,26)27)10-20(28-4)31-19-7-6-14(2)18(30-19)12-32-13-21(23,24)9-8-16(32)11-29-15(3)33/h1,6-7,10,16H,8-9,11-13H2,2-4H3,(H,29,33)(H,28,30,31)/b17-10+/t16-/m1/s1. The quantitative estimate of drug-likeness (QED) is 0.202. The molecule has 0 aliphatic carbocycles. The minimum Gasteiger partial charge on any atom is -0.397 e. The molecule has 0 aromatic carbocycles. The number of anilines is 1. The SMILES string of the molecule is C#C/C(=C\C(=N/C)Nc1ccc(C)c(CN2CC(F)(F)CC[C@@H]2CNC(C)=O)n1)OC(F)(F)F. The Morgan fingerprint density at radius 1 is 1.44 bits per heavy atom. The predicted molar refractivity (Wildman–Crippen MR) is 117 cm³/mol. The van der Waals surface area contributed by atoms with Crippen LogP contribution in [0.5, 0.6) is 0 Å². The van der Waals surface area contributed by atoms with Crippen LogP contribution in [0.1, 0.15) is 31.0 Å². The second-order valence-electron chi connectivity index (χ2n) is 7.79. The first-order chi connectivity index (χ1) is 15.8. The zero-order valence-electron chi connectivity index (χ0n) is 19.0. The highest BCUT2D eigenvalue weighted by Gasteiger charge is 2.40. The van der Waals surface area contributed by atoms with Crippen LogP contribution in [-0.4, -0.2) is 60.1 Å². The Hall–Kier alpha value is -3.20. The summed E-state index contributed by atoms with van der Waals surface area (Å²) in [4.78, 5) is 21.1. The number of terminal acetylenes is 1. The lowest BCUT2D eigenvalue weighted by molar-refractivity contribution is -0.302. The van der Waals surface area contributed by atoms with Gasteiger partial charge in [-0.15, -0.1) is 19.6 Å². The summed E-state index contributed by atoms with van der Waals surface area (Å²) >= 11 is 0. The van der Waals surface area contributed by atoms with E-state index in [2.05, 4.69) is 25.3 Å². The second kappa shape index (κ2) is 11.3. The highest BCUT2D eigenvalue weighted by atomic mass is 19.4. The van der Waals surface area contributed by atoms with Crippen molar-refractivity contribution < 1.29 is 31.5 Å². The molecule has 1 aliphatic rings. The van der Waals surface area contributed by atoms with Crippen LogP contribution >= 0.6 is 0 Å². The average Bonchev–Trinajstić information content (AvgIpc) is 2.72. The Morgan fingerprint density at radius 2 is 2.15 bits per heavy atom. The first-order valence-electron chi connectivity index (χ1n) is 10.3. The fourth-order valence-electron chi connectivity index (χ4n) is 3.37. The maximum absolute atomic E-state index is 14.1. The number of aromatic nitrogens is 1. The molecular weight excluding hydrogens is 461 g/mol. The molecule has 1 fully saturated rings. The number of piperidine rings is 1. The first-order valence-corrected chi connectivity index (χ1v) is 10.3. The molecule has 2 rings (SSSR count). The topological polar surface area (TPSA) is 78.9 Å². The zero-order chi connectivity index (χ0) is 25.5. The van der Waals surface area contributed by atoms with Crippen molar-refractivity contribution in [3.8, 4) is 12.3 Å². The van der Waals surface area contributed by atoms with E-state index in [1.54, 1.807) is 29.9 Å². The number of hydrogen-bond acceptors (Lipinski definition) is 5. The summed E-state index contributed by atoms with van der Waals surface area (Å²) in [5.41, 5.74) is 1.21. The van der Waals surface area contributed by atoms with Gasteiger partial charge in [0.2, 0.25) is 5.91 Å². The third kappa shape index (κ3) is 8.62. The third-order valence-corrected chi connectivity index (χ3v) is 5.07. The smallest absolute Gasteiger partial charge is 0.397 e. The number of pyridine rings is 1. The molecule has 7 nitrogen and oxygen atoms in total. The Balaban J connectivity index is 2.22. The summed E-state index contributed by atoms with van der Waals surface area (Å²) in [6, 6.07) is 2.97. The van der Waals surface area contributed by atoms with Gasteiger partial charge in [-0.3, -0.25) is 14.7 Å². The summed E-state index contributed by atoms with van der Waals surface area (Å²) < 4.78 is 69.4. The van der Waals surface area contributed by atoms with Gasteiger partial charge in [-0.25, -0.2) is 13.8 Å². The van der Waals surface area contributed by atoms with Crippen LogP contribution in [0, 0.1) is 19.3 Å². The number of amides is 1. The van der Waals surface area contributed by atoms with E-state index in [9.17, 15) is 26.7 Å². The third-order valence-electron chi connectivity index (χ3n) is 5.07. The van der Waals surface area contributed by atoms with Crippen molar-refractivity contribution in [1.82, 2.24) is 15.2 Å². The number of ether oxygens (including phenoxy) is 1. The molecule has 2 heterocycles. The van der Waals surface area contributed by atoms with E-state index in [0.717, 1.165) is 11.6 Å². The molecule has 0 spiro atoms. The fraction of sp³-hybridized carbons (Fsp3) is 0.500. The Bertz CT molecular complexity index is 985. The summed E-state index contributed by atoms with van der Waals surface area (Å²) in [6.45, 7) is 2.95. The second-order valence-corrected chi connectivity index (χ2v) is 7.79. The molecular formula is C22H26F5N5O2. The molecule has 34 heavy (non-hydrogen) atoms. The number of carbonyl (C=O) groups is 1. The minimum atomic E-state index is -4.96.